The first-order chi connectivity index (χ1) is 11.3. The molecular weight excluding hydrogens is 368 g/mol. The van der Waals surface area contributed by atoms with Crippen molar-refractivity contribution in [3.8, 4) is 0 Å². The van der Waals surface area contributed by atoms with Crippen LogP contribution in [0.5, 0.6) is 0 Å². The molecule has 0 radical (unpaired) electrons. The zero-order chi connectivity index (χ0) is 17.9. The number of likely N-dealkylation sites (N-methyl/N-ethyl adjacent to an activating group) is 2. The fraction of sp³-hybridized carbons (Fsp3) is 0.733. The van der Waals surface area contributed by atoms with Gasteiger partial charge >= 0.3 is 0 Å². The number of rotatable bonds is 6. The smallest absolute Gasteiger partial charge is 0.248 e. The quantitative estimate of drug-likeness (QED) is 0.766. The van der Waals surface area contributed by atoms with E-state index >= 15 is 0 Å². The van der Waals surface area contributed by atoms with Gasteiger partial charge in [0.1, 0.15) is 10.6 Å². The van der Waals surface area contributed by atoms with Crippen LogP contribution in [0.1, 0.15) is 24.3 Å². The monoisotopic (exact) mass is 394 g/mol. The van der Waals surface area contributed by atoms with Gasteiger partial charge in [-0.3, -0.25) is 4.79 Å². The van der Waals surface area contributed by atoms with E-state index in [2.05, 4.69) is 10.5 Å². The summed E-state index contributed by atoms with van der Waals surface area (Å²) in [6, 6.07) is 0. The number of sulfonamides is 1. The van der Waals surface area contributed by atoms with E-state index in [0.29, 0.717) is 38.2 Å². The lowest BCUT2D eigenvalue weighted by Gasteiger charge is -2.33. The molecule has 1 aromatic rings. The van der Waals surface area contributed by atoms with Gasteiger partial charge < -0.3 is 14.7 Å². The summed E-state index contributed by atoms with van der Waals surface area (Å²) < 4.78 is 32.2. The lowest BCUT2D eigenvalue weighted by molar-refractivity contribution is -0.135. The van der Waals surface area contributed by atoms with Gasteiger partial charge in [0.25, 0.3) is 0 Å². The second kappa shape index (κ2) is 8.98. The van der Waals surface area contributed by atoms with Crippen LogP contribution in [0, 0.1) is 19.8 Å². The molecule has 1 amide bonds. The van der Waals surface area contributed by atoms with Crippen molar-refractivity contribution in [3.63, 3.8) is 0 Å². The normalized spacial score (nSPS) is 18.6. The maximum Gasteiger partial charge on any atom is 0.248 e. The summed E-state index contributed by atoms with van der Waals surface area (Å²) in [5, 5.41) is 6.73. The van der Waals surface area contributed by atoms with Crippen molar-refractivity contribution in [1.82, 2.24) is 19.7 Å². The van der Waals surface area contributed by atoms with Crippen LogP contribution in [0.15, 0.2) is 9.42 Å². The largest absolute Gasteiger partial charge is 0.360 e. The molecule has 8 nitrogen and oxygen atoms in total. The van der Waals surface area contributed by atoms with Gasteiger partial charge in [-0.05, 0) is 33.7 Å². The molecule has 2 rings (SSSR count). The van der Waals surface area contributed by atoms with Crippen LogP contribution >= 0.6 is 12.4 Å². The van der Waals surface area contributed by atoms with Crippen LogP contribution in [0.4, 0.5) is 0 Å². The third kappa shape index (κ3) is 4.72. The molecule has 1 aromatic heterocycles. The van der Waals surface area contributed by atoms with Crippen molar-refractivity contribution in [2.75, 3.05) is 40.3 Å². The average Bonchev–Trinajstić information content (AvgIpc) is 2.91. The Labute approximate surface area is 155 Å². The van der Waals surface area contributed by atoms with E-state index < -0.39 is 10.0 Å². The number of aromatic nitrogens is 1. The zero-order valence-electron chi connectivity index (χ0n) is 15.1. The third-order valence-electron chi connectivity index (χ3n) is 4.37. The predicted octanol–water partition coefficient (Wildman–Crippen LogP) is 0.792. The Bertz CT molecular complexity index is 672. The van der Waals surface area contributed by atoms with Crippen molar-refractivity contribution in [3.05, 3.63) is 11.5 Å². The summed E-state index contributed by atoms with van der Waals surface area (Å²) in [4.78, 5) is 14.3. The predicted molar refractivity (Wildman–Crippen MR) is 96.3 cm³/mol. The van der Waals surface area contributed by atoms with Crippen molar-refractivity contribution in [2.24, 2.45) is 5.92 Å². The Morgan fingerprint density at radius 1 is 1.44 bits per heavy atom. The minimum atomic E-state index is -3.70. The molecule has 0 saturated carbocycles. The Morgan fingerprint density at radius 3 is 2.68 bits per heavy atom. The molecule has 25 heavy (non-hydrogen) atoms. The van der Waals surface area contributed by atoms with E-state index in [9.17, 15) is 13.2 Å². The highest BCUT2D eigenvalue weighted by molar-refractivity contribution is 7.89. The van der Waals surface area contributed by atoms with Gasteiger partial charge in [0.05, 0.1) is 5.92 Å². The van der Waals surface area contributed by atoms with Gasteiger partial charge in [-0.15, -0.1) is 12.4 Å². The molecular formula is C15H27ClN4O4S. The van der Waals surface area contributed by atoms with Crippen LogP contribution in [0.25, 0.3) is 0 Å². The summed E-state index contributed by atoms with van der Waals surface area (Å²) >= 11 is 0. The number of amides is 1. The summed E-state index contributed by atoms with van der Waals surface area (Å²) in [6.07, 6.45) is 1.37. The van der Waals surface area contributed by atoms with Crippen LogP contribution < -0.4 is 5.32 Å². The molecule has 0 aromatic carbocycles. The van der Waals surface area contributed by atoms with Crippen molar-refractivity contribution in [1.29, 1.82) is 0 Å². The number of hydrogen-bond donors (Lipinski definition) is 1. The van der Waals surface area contributed by atoms with E-state index in [1.807, 2.05) is 7.05 Å². The average molecular weight is 395 g/mol. The highest BCUT2D eigenvalue weighted by Crippen LogP contribution is 2.28. The molecule has 10 heteroatoms. The molecule has 1 N–H and O–H groups in total. The maximum absolute atomic E-state index is 12.9. The topological polar surface area (TPSA) is 95.8 Å². The molecule has 1 saturated heterocycles. The van der Waals surface area contributed by atoms with Crippen molar-refractivity contribution >= 4 is 28.3 Å². The van der Waals surface area contributed by atoms with E-state index in [1.165, 1.54) is 4.31 Å². The fourth-order valence-electron chi connectivity index (χ4n) is 3.04. The molecule has 2 heterocycles. The lowest BCUT2D eigenvalue weighted by atomic mass is 9.98. The Balaban J connectivity index is 0.00000312. The number of aryl methyl sites for hydroxylation is 2. The van der Waals surface area contributed by atoms with E-state index in [0.717, 1.165) is 0 Å². The lowest BCUT2D eigenvalue weighted by Crippen LogP contribution is -2.46. The number of piperidine rings is 1. The molecule has 1 unspecified atom stereocenters. The highest BCUT2D eigenvalue weighted by atomic mass is 35.5. The van der Waals surface area contributed by atoms with Crippen LogP contribution in [0.3, 0.4) is 0 Å². The molecule has 1 atom stereocenters. The number of carbonyl (C=O) groups excluding carboxylic acids is 1. The van der Waals surface area contributed by atoms with Crippen molar-refractivity contribution < 1.29 is 17.7 Å². The van der Waals surface area contributed by atoms with E-state index in [-0.39, 0.29) is 41.4 Å². The number of halogens is 1. The van der Waals surface area contributed by atoms with Gasteiger partial charge in [-0.1, -0.05) is 5.16 Å². The zero-order valence-corrected chi connectivity index (χ0v) is 16.7. The van der Waals surface area contributed by atoms with Crippen LogP contribution in [-0.2, 0) is 14.8 Å². The molecule has 1 aliphatic heterocycles. The highest BCUT2D eigenvalue weighted by Gasteiger charge is 2.37. The first kappa shape index (κ1) is 21.9. The number of nitrogens with one attached hydrogen (secondary N) is 1. The molecule has 1 fully saturated rings. The third-order valence-corrected chi connectivity index (χ3v) is 6.48. The Hall–Kier alpha value is -1.16. The van der Waals surface area contributed by atoms with E-state index in [1.54, 1.807) is 25.8 Å². The second-order valence-electron chi connectivity index (χ2n) is 6.22. The summed E-state index contributed by atoms with van der Waals surface area (Å²) in [5.74, 6) is -0.0353. The molecule has 0 bridgehead atoms. The minimum Gasteiger partial charge on any atom is -0.360 e. The first-order valence-electron chi connectivity index (χ1n) is 8.11. The van der Waals surface area contributed by atoms with Gasteiger partial charge in [0.2, 0.25) is 15.9 Å². The number of hydrogen-bond acceptors (Lipinski definition) is 6. The van der Waals surface area contributed by atoms with Gasteiger partial charge in [0, 0.05) is 33.2 Å². The minimum absolute atomic E-state index is 0. The standard InChI is InChI=1S/C15H26N4O4S.ClH/c1-11-14(12(2)23-17-11)24(21,22)19-8-5-6-13(10-19)15(20)18(4)9-7-16-3;/h13,16H,5-10H2,1-4H3;1H. The second-order valence-corrected chi connectivity index (χ2v) is 8.09. The molecule has 0 spiro atoms. The van der Waals surface area contributed by atoms with Gasteiger partial charge in [-0.2, -0.15) is 4.31 Å². The molecule has 0 aliphatic carbocycles. The van der Waals surface area contributed by atoms with Gasteiger partial charge in [-0.25, -0.2) is 8.42 Å². The molecule has 144 valence electrons. The van der Waals surface area contributed by atoms with Gasteiger partial charge in [0.15, 0.2) is 5.76 Å². The summed E-state index contributed by atoms with van der Waals surface area (Å²) in [6.45, 7) is 5.12. The van der Waals surface area contributed by atoms with Crippen LogP contribution in [-0.4, -0.2) is 69.0 Å². The summed E-state index contributed by atoms with van der Waals surface area (Å²) in [7, 11) is -0.114. The van der Waals surface area contributed by atoms with E-state index in [4.69, 9.17) is 4.52 Å². The van der Waals surface area contributed by atoms with Crippen molar-refractivity contribution in [2.45, 2.75) is 31.6 Å². The van der Waals surface area contributed by atoms with Crippen LogP contribution in [0.2, 0.25) is 0 Å². The Morgan fingerprint density at radius 2 is 2.12 bits per heavy atom. The fourth-order valence-corrected chi connectivity index (χ4v) is 4.85. The SMILES string of the molecule is CNCCN(C)C(=O)C1CCCN(S(=O)(=O)c2c(C)noc2C)C1.Cl. The molecule has 1 aliphatic rings. The first-order valence-corrected chi connectivity index (χ1v) is 9.55. The Kier molecular flexibility index (Phi) is 7.86. The maximum atomic E-state index is 12.9. The number of nitrogens with zero attached hydrogens (tertiary/aromatic N) is 3. The summed E-state index contributed by atoms with van der Waals surface area (Å²) in [5.41, 5.74) is 0.354. The number of carbonyl (C=O) groups is 1.